The average molecular weight is 620 g/mol. The summed E-state index contributed by atoms with van der Waals surface area (Å²) < 4.78 is 6.60. The Balaban J connectivity index is 1.47. The van der Waals surface area contributed by atoms with Crippen molar-refractivity contribution in [3.63, 3.8) is 0 Å². The van der Waals surface area contributed by atoms with E-state index in [1.165, 1.54) is 5.56 Å². The van der Waals surface area contributed by atoms with Gasteiger partial charge < -0.3 is 15.0 Å². The summed E-state index contributed by atoms with van der Waals surface area (Å²) in [6.45, 7) is 11.3. The van der Waals surface area contributed by atoms with E-state index < -0.39 is 0 Å². The van der Waals surface area contributed by atoms with Gasteiger partial charge in [-0.1, -0.05) is 101 Å². The second-order valence-corrected chi connectivity index (χ2v) is 14.1. The van der Waals surface area contributed by atoms with Gasteiger partial charge in [0.2, 0.25) is 0 Å². The lowest BCUT2D eigenvalue weighted by molar-refractivity contribution is 0.104. The number of H-pyrrole nitrogens is 1. The summed E-state index contributed by atoms with van der Waals surface area (Å²) in [5, 5.41) is 4.07. The van der Waals surface area contributed by atoms with Crippen LogP contribution in [0.15, 0.2) is 114 Å². The van der Waals surface area contributed by atoms with Crippen molar-refractivity contribution in [2.24, 2.45) is 5.41 Å². The Labute approximate surface area is 274 Å². The lowest BCUT2D eigenvalue weighted by Gasteiger charge is -2.33. The number of fused-ring (bicyclic) bond motifs is 2. The molecule has 0 aliphatic heterocycles. The third-order valence-electron chi connectivity index (χ3n) is 8.76. The molecular formula is C41H37N3O3. The van der Waals surface area contributed by atoms with Crippen LogP contribution in [-0.2, 0) is 5.41 Å². The van der Waals surface area contributed by atoms with Crippen molar-refractivity contribution in [3.8, 4) is 33.8 Å². The Kier molecular flexibility index (Phi) is 7.31. The predicted octanol–water partition coefficient (Wildman–Crippen LogP) is 10.1. The number of hydrogen-bond acceptors (Lipinski definition) is 5. The maximum atomic E-state index is 14.3. The predicted molar refractivity (Wildman–Crippen MR) is 190 cm³/mol. The van der Waals surface area contributed by atoms with E-state index in [2.05, 4.69) is 62.0 Å². The number of rotatable bonds is 7. The number of ketones is 1. The van der Waals surface area contributed by atoms with E-state index in [0.29, 0.717) is 50.3 Å². The Morgan fingerprint density at radius 3 is 2.15 bits per heavy atom. The van der Waals surface area contributed by atoms with Gasteiger partial charge in [-0.05, 0) is 58.2 Å². The van der Waals surface area contributed by atoms with Crippen LogP contribution in [0.5, 0.6) is 11.5 Å². The Morgan fingerprint density at radius 2 is 1.47 bits per heavy atom. The van der Waals surface area contributed by atoms with Gasteiger partial charge in [0.05, 0.1) is 34.2 Å². The highest BCUT2D eigenvalue weighted by Gasteiger charge is 2.33. The molecular weight excluding hydrogens is 582 g/mol. The van der Waals surface area contributed by atoms with Gasteiger partial charge in [0.15, 0.2) is 11.5 Å². The molecule has 6 nitrogen and oxygen atoms in total. The molecule has 0 bridgehead atoms. The number of ether oxygens (including phenoxy) is 1. The highest BCUT2D eigenvalue weighted by Crippen LogP contribution is 2.48. The zero-order valence-corrected chi connectivity index (χ0v) is 27.3. The number of benzene rings is 4. The zero-order valence-electron chi connectivity index (χ0n) is 27.3. The minimum absolute atomic E-state index is 0.0231. The molecule has 4 aromatic carbocycles. The van der Waals surface area contributed by atoms with Crippen LogP contribution in [0.3, 0.4) is 0 Å². The van der Waals surface area contributed by atoms with E-state index in [-0.39, 0.29) is 22.2 Å². The maximum Gasteiger partial charge on any atom is 0.257 e. The van der Waals surface area contributed by atoms with Crippen LogP contribution in [0.25, 0.3) is 33.2 Å². The van der Waals surface area contributed by atoms with Crippen molar-refractivity contribution in [2.75, 3.05) is 5.32 Å². The fourth-order valence-corrected chi connectivity index (χ4v) is 7.17. The first kappa shape index (κ1) is 30.2. The van der Waals surface area contributed by atoms with E-state index in [9.17, 15) is 9.59 Å². The lowest BCUT2D eigenvalue weighted by atomic mass is 9.72. The molecule has 2 N–H and O–H groups in total. The monoisotopic (exact) mass is 619 g/mol. The number of aromatic nitrogens is 2. The van der Waals surface area contributed by atoms with Gasteiger partial charge >= 0.3 is 0 Å². The van der Waals surface area contributed by atoms with Gasteiger partial charge in [-0.25, -0.2) is 0 Å². The van der Waals surface area contributed by atoms with Crippen LogP contribution < -0.4 is 15.6 Å². The first-order valence-corrected chi connectivity index (χ1v) is 15.9. The number of nitrogens with one attached hydrogen (secondary N) is 2. The van der Waals surface area contributed by atoms with Gasteiger partial charge in [0.25, 0.3) is 5.56 Å². The molecule has 1 aliphatic carbocycles. The Bertz CT molecular complexity index is 2190. The molecule has 1 aliphatic rings. The van der Waals surface area contributed by atoms with Crippen LogP contribution >= 0.6 is 0 Å². The molecule has 2 aromatic heterocycles. The number of carbonyl (C=O) groups is 1. The molecule has 47 heavy (non-hydrogen) atoms. The number of nitrogens with zero attached hydrogens (tertiary/aromatic N) is 1. The Morgan fingerprint density at radius 1 is 0.766 bits per heavy atom. The Hall–Kier alpha value is -5.49. The molecule has 2 heterocycles. The molecule has 7 rings (SSSR count). The molecule has 0 saturated carbocycles. The van der Waals surface area contributed by atoms with Gasteiger partial charge in [0, 0.05) is 28.8 Å². The fraction of sp³-hybridized carbons (Fsp3) is 0.195. The topological polar surface area (TPSA) is 84.1 Å². The second-order valence-electron chi connectivity index (χ2n) is 14.1. The maximum absolute atomic E-state index is 14.3. The number of carbonyl (C=O) groups excluding carboxylic acids is 1. The molecule has 0 radical (unpaired) electrons. The molecule has 0 amide bonds. The van der Waals surface area contributed by atoms with Gasteiger partial charge in [-0.2, -0.15) is 0 Å². The van der Waals surface area contributed by atoms with Gasteiger partial charge in [-0.3, -0.25) is 14.6 Å². The fourth-order valence-electron chi connectivity index (χ4n) is 7.17. The quantitative estimate of drug-likeness (QED) is 0.185. The third-order valence-corrected chi connectivity index (χ3v) is 8.76. The first-order chi connectivity index (χ1) is 22.5. The number of hydrogen-bond donors (Lipinski definition) is 2. The van der Waals surface area contributed by atoms with E-state index in [1.807, 2.05) is 78.9 Å². The van der Waals surface area contributed by atoms with Gasteiger partial charge in [0.1, 0.15) is 5.75 Å². The molecule has 0 fully saturated rings. The van der Waals surface area contributed by atoms with E-state index in [4.69, 9.17) is 4.74 Å². The minimum Gasteiger partial charge on any atom is -0.455 e. The van der Waals surface area contributed by atoms with Crippen molar-refractivity contribution in [3.05, 3.63) is 136 Å². The normalized spacial score (nSPS) is 12.6. The standard InChI is InChI=1S/C41H37N3O3/c1-40(2,3)24-41(4,5)26-17-19-28(20-18-26)47-32-22-31(43-27-14-11-21-42-23-27)35-36-34(29-15-9-10-16-30(29)38(35)45)33(39(46)44-37(32)36)25-12-7-6-8-13-25/h6-23,43H,24H2,1-5H3,(H,44,46). The zero-order chi connectivity index (χ0) is 32.9. The molecule has 0 unspecified atom stereocenters. The van der Waals surface area contributed by atoms with Gasteiger partial charge in [-0.15, -0.1) is 0 Å². The highest BCUT2D eigenvalue weighted by atomic mass is 16.5. The molecule has 6 aromatic rings. The van der Waals surface area contributed by atoms with E-state index in [1.54, 1.807) is 18.5 Å². The summed E-state index contributed by atoms with van der Waals surface area (Å²) in [6, 6.07) is 30.8. The van der Waals surface area contributed by atoms with Crippen molar-refractivity contribution in [1.29, 1.82) is 0 Å². The molecule has 0 atom stereocenters. The number of anilines is 2. The molecule has 0 spiro atoms. The van der Waals surface area contributed by atoms with Crippen LogP contribution in [-0.4, -0.2) is 15.8 Å². The second kappa shape index (κ2) is 11.4. The summed E-state index contributed by atoms with van der Waals surface area (Å²) in [5.41, 5.74) is 6.59. The van der Waals surface area contributed by atoms with Crippen molar-refractivity contribution in [2.45, 2.75) is 46.5 Å². The van der Waals surface area contributed by atoms with Crippen molar-refractivity contribution >= 4 is 28.1 Å². The summed E-state index contributed by atoms with van der Waals surface area (Å²) >= 11 is 0. The molecule has 0 saturated heterocycles. The SMILES string of the molecule is CC(C)(C)CC(C)(C)c1ccc(Oc2cc(Nc3cccnc3)c3c4c(c(-c5ccccc5)c(=O)[nH]c24)-c2ccccc2C3=O)cc1. The average Bonchev–Trinajstić information content (AvgIpc) is 3.04. The van der Waals surface area contributed by atoms with Crippen LogP contribution in [0.2, 0.25) is 0 Å². The largest absolute Gasteiger partial charge is 0.455 e. The summed E-state index contributed by atoms with van der Waals surface area (Å²) in [7, 11) is 0. The summed E-state index contributed by atoms with van der Waals surface area (Å²) in [6.07, 6.45) is 4.44. The highest BCUT2D eigenvalue weighted by molar-refractivity contribution is 6.30. The smallest absolute Gasteiger partial charge is 0.257 e. The van der Waals surface area contributed by atoms with Crippen LogP contribution in [0, 0.1) is 5.41 Å². The third kappa shape index (κ3) is 5.61. The van der Waals surface area contributed by atoms with Crippen molar-refractivity contribution < 1.29 is 9.53 Å². The van der Waals surface area contributed by atoms with Crippen molar-refractivity contribution in [1.82, 2.24) is 9.97 Å². The molecule has 6 heteroatoms. The lowest BCUT2D eigenvalue weighted by Crippen LogP contribution is -2.24. The minimum atomic E-state index is -0.258. The number of pyridine rings is 2. The summed E-state index contributed by atoms with van der Waals surface area (Å²) in [5.74, 6) is 0.925. The van der Waals surface area contributed by atoms with Crippen LogP contribution in [0.1, 0.15) is 62.5 Å². The molecule has 234 valence electrons. The first-order valence-electron chi connectivity index (χ1n) is 15.9. The summed E-state index contributed by atoms with van der Waals surface area (Å²) in [4.78, 5) is 35.8. The van der Waals surface area contributed by atoms with Crippen LogP contribution in [0.4, 0.5) is 11.4 Å². The van der Waals surface area contributed by atoms with E-state index >= 15 is 0 Å². The number of aromatic amines is 1. The van der Waals surface area contributed by atoms with E-state index in [0.717, 1.165) is 23.2 Å².